The van der Waals surface area contributed by atoms with Crippen LogP contribution in [0.3, 0.4) is 0 Å². The van der Waals surface area contributed by atoms with Crippen LogP contribution < -0.4 is 16.0 Å². The van der Waals surface area contributed by atoms with Gasteiger partial charge in [-0.2, -0.15) is 0 Å². The summed E-state index contributed by atoms with van der Waals surface area (Å²) in [6, 6.07) is 13.1. The summed E-state index contributed by atoms with van der Waals surface area (Å²) in [6.07, 6.45) is -0.276. The molecule has 9 nitrogen and oxygen atoms in total. The van der Waals surface area contributed by atoms with Crippen LogP contribution in [0.4, 0.5) is 4.79 Å². The fourth-order valence-corrected chi connectivity index (χ4v) is 3.24. The van der Waals surface area contributed by atoms with E-state index in [0.29, 0.717) is 39.5 Å². The molecule has 0 saturated carbocycles. The van der Waals surface area contributed by atoms with Crippen molar-refractivity contribution in [2.45, 2.75) is 45.8 Å². The highest BCUT2D eigenvalue weighted by Crippen LogP contribution is 2.18. The Kier molecular flexibility index (Phi) is 11.5. The van der Waals surface area contributed by atoms with E-state index in [4.69, 9.17) is 14.2 Å². The van der Waals surface area contributed by atoms with E-state index in [9.17, 15) is 14.4 Å². The largest absolute Gasteiger partial charge is 0.444 e. The molecule has 0 fully saturated rings. The van der Waals surface area contributed by atoms with Gasteiger partial charge >= 0.3 is 6.09 Å². The number of amides is 3. The Bertz CT molecular complexity index is 968. The SMILES string of the molecule is CC(NC(=O)Cc1cccc2ccccc12)C(=O)NCCOCCOCCNC(=O)OC(C)(C)C. The molecule has 3 N–H and O–H groups in total. The second kappa shape index (κ2) is 14.3. The van der Waals surface area contributed by atoms with Crippen molar-refractivity contribution >= 4 is 28.7 Å². The minimum absolute atomic E-state index is 0.204. The van der Waals surface area contributed by atoms with E-state index < -0.39 is 17.7 Å². The molecule has 0 aromatic heterocycles. The van der Waals surface area contributed by atoms with Gasteiger partial charge in [-0.05, 0) is 44.0 Å². The van der Waals surface area contributed by atoms with Crippen LogP contribution in [0.2, 0.25) is 0 Å². The van der Waals surface area contributed by atoms with Gasteiger partial charge in [0.1, 0.15) is 11.6 Å². The number of carbonyl (C=O) groups is 3. The lowest BCUT2D eigenvalue weighted by Crippen LogP contribution is -2.46. The lowest BCUT2D eigenvalue weighted by Gasteiger charge is -2.19. The average molecular weight is 488 g/mol. The lowest BCUT2D eigenvalue weighted by molar-refractivity contribution is -0.128. The van der Waals surface area contributed by atoms with E-state index in [1.165, 1.54) is 0 Å². The topological polar surface area (TPSA) is 115 Å². The number of carbonyl (C=O) groups excluding carboxylic acids is 3. The molecule has 0 bridgehead atoms. The standard InChI is InChI=1S/C26H37N3O6/c1-19(29-23(30)18-21-10-7-9-20-8-5-6-11-22(20)21)24(31)27-12-14-33-16-17-34-15-13-28-25(32)35-26(2,3)4/h5-11,19H,12-18H2,1-4H3,(H,27,31)(H,28,32)(H,29,30). The Hall–Kier alpha value is -3.17. The second-order valence-corrected chi connectivity index (χ2v) is 9.05. The van der Waals surface area contributed by atoms with Crippen LogP contribution >= 0.6 is 0 Å². The van der Waals surface area contributed by atoms with Crippen LogP contribution in [0.1, 0.15) is 33.3 Å². The van der Waals surface area contributed by atoms with E-state index >= 15 is 0 Å². The lowest BCUT2D eigenvalue weighted by atomic mass is 10.0. The first-order valence-electron chi connectivity index (χ1n) is 11.8. The molecular formula is C26H37N3O6. The molecule has 0 aliphatic carbocycles. The summed E-state index contributed by atoms with van der Waals surface area (Å²) < 4.78 is 15.9. The predicted molar refractivity (Wildman–Crippen MR) is 134 cm³/mol. The number of nitrogens with one attached hydrogen (secondary N) is 3. The Morgan fingerprint density at radius 2 is 1.49 bits per heavy atom. The molecular weight excluding hydrogens is 450 g/mol. The van der Waals surface area contributed by atoms with Gasteiger partial charge in [0.05, 0.1) is 32.8 Å². The number of benzene rings is 2. The van der Waals surface area contributed by atoms with Crippen molar-refractivity contribution in [3.63, 3.8) is 0 Å². The van der Waals surface area contributed by atoms with Crippen molar-refractivity contribution in [2.75, 3.05) is 39.5 Å². The third-order valence-corrected chi connectivity index (χ3v) is 4.83. The summed E-state index contributed by atoms with van der Waals surface area (Å²) in [6.45, 7) is 9.10. The maximum atomic E-state index is 12.4. The zero-order valence-corrected chi connectivity index (χ0v) is 21.0. The van der Waals surface area contributed by atoms with E-state index in [1.54, 1.807) is 27.7 Å². The number of ether oxygens (including phenoxy) is 3. The second-order valence-electron chi connectivity index (χ2n) is 9.05. The number of hydrogen-bond donors (Lipinski definition) is 3. The van der Waals surface area contributed by atoms with Crippen LogP contribution in [-0.2, 0) is 30.2 Å². The molecule has 0 aliphatic heterocycles. The van der Waals surface area contributed by atoms with Crippen LogP contribution in [0.25, 0.3) is 10.8 Å². The minimum atomic E-state index is -0.654. The summed E-state index contributed by atoms with van der Waals surface area (Å²) in [5.41, 5.74) is 0.388. The van der Waals surface area contributed by atoms with Crippen molar-refractivity contribution < 1.29 is 28.6 Å². The monoisotopic (exact) mass is 487 g/mol. The Morgan fingerprint density at radius 3 is 2.17 bits per heavy atom. The Balaban J connectivity index is 1.52. The molecule has 1 atom stereocenters. The first kappa shape index (κ1) is 28.1. The summed E-state index contributed by atoms with van der Waals surface area (Å²) in [5, 5.41) is 10.2. The molecule has 0 spiro atoms. The predicted octanol–water partition coefficient (Wildman–Crippen LogP) is 2.56. The number of alkyl carbamates (subject to hydrolysis) is 1. The van der Waals surface area contributed by atoms with Gasteiger partial charge in [0, 0.05) is 13.1 Å². The van der Waals surface area contributed by atoms with E-state index in [-0.39, 0.29) is 18.2 Å². The van der Waals surface area contributed by atoms with E-state index in [2.05, 4.69) is 16.0 Å². The van der Waals surface area contributed by atoms with Gasteiger partial charge in [0.2, 0.25) is 11.8 Å². The molecule has 192 valence electrons. The van der Waals surface area contributed by atoms with Gasteiger partial charge in [-0.3, -0.25) is 9.59 Å². The van der Waals surface area contributed by atoms with Crippen LogP contribution in [0, 0.1) is 0 Å². The molecule has 35 heavy (non-hydrogen) atoms. The smallest absolute Gasteiger partial charge is 0.407 e. The van der Waals surface area contributed by atoms with Crippen LogP contribution in [0.15, 0.2) is 42.5 Å². The first-order valence-corrected chi connectivity index (χ1v) is 11.8. The third-order valence-electron chi connectivity index (χ3n) is 4.83. The highest BCUT2D eigenvalue weighted by Gasteiger charge is 2.16. The van der Waals surface area contributed by atoms with Crippen molar-refractivity contribution in [3.05, 3.63) is 48.0 Å². The molecule has 1 unspecified atom stereocenters. The summed E-state index contributed by atoms with van der Waals surface area (Å²) in [7, 11) is 0. The molecule has 2 aromatic carbocycles. The van der Waals surface area contributed by atoms with Gasteiger partial charge in [0.25, 0.3) is 0 Å². The highest BCUT2D eigenvalue weighted by atomic mass is 16.6. The zero-order chi connectivity index (χ0) is 25.7. The Morgan fingerprint density at radius 1 is 0.857 bits per heavy atom. The normalized spacial score (nSPS) is 12.1. The molecule has 2 aromatic rings. The van der Waals surface area contributed by atoms with Gasteiger partial charge in [0.15, 0.2) is 0 Å². The summed E-state index contributed by atoms with van der Waals surface area (Å²) >= 11 is 0. The first-order chi connectivity index (χ1) is 16.7. The van der Waals surface area contributed by atoms with Crippen LogP contribution in [0.5, 0.6) is 0 Å². The van der Waals surface area contributed by atoms with E-state index in [0.717, 1.165) is 16.3 Å². The Labute approximate surface area is 206 Å². The van der Waals surface area contributed by atoms with E-state index in [1.807, 2.05) is 42.5 Å². The highest BCUT2D eigenvalue weighted by molar-refractivity contribution is 5.92. The zero-order valence-electron chi connectivity index (χ0n) is 21.0. The number of rotatable bonds is 13. The molecule has 9 heteroatoms. The maximum Gasteiger partial charge on any atom is 0.407 e. The van der Waals surface area contributed by atoms with Gasteiger partial charge in [-0.1, -0.05) is 42.5 Å². The quantitative estimate of drug-likeness (QED) is 0.374. The van der Waals surface area contributed by atoms with Crippen molar-refractivity contribution in [1.82, 2.24) is 16.0 Å². The molecule has 0 heterocycles. The van der Waals surface area contributed by atoms with Crippen molar-refractivity contribution in [3.8, 4) is 0 Å². The number of fused-ring (bicyclic) bond motifs is 1. The van der Waals surface area contributed by atoms with Crippen molar-refractivity contribution in [1.29, 1.82) is 0 Å². The van der Waals surface area contributed by atoms with Gasteiger partial charge < -0.3 is 30.2 Å². The average Bonchev–Trinajstić information content (AvgIpc) is 2.79. The fraction of sp³-hybridized carbons (Fsp3) is 0.500. The molecule has 0 aliphatic rings. The van der Waals surface area contributed by atoms with Crippen molar-refractivity contribution in [2.24, 2.45) is 0 Å². The maximum absolute atomic E-state index is 12.4. The summed E-state index contributed by atoms with van der Waals surface area (Å²) in [5.74, 6) is -0.483. The fourth-order valence-electron chi connectivity index (χ4n) is 3.24. The number of hydrogen-bond acceptors (Lipinski definition) is 6. The third kappa shape index (κ3) is 11.2. The molecule has 0 radical (unpaired) electrons. The van der Waals surface area contributed by atoms with Crippen LogP contribution in [-0.4, -0.2) is 69.1 Å². The molecule has 0 saturated heterocycles. The summed E-state index contributed by atoms with van der Waals surface area (Å²) in [4.78, 5) is 36.2. The van der Waals surface area contributed by atoms with Gasteiger partial charge in [-0.15, -0.1) is 0 Å². The minimum Gasteiger partial charge on any atom is -0.444 e. The molecule has 3 amide bonds. The van der Waals surface area contributed by atoms with Gasteiger partial charge in [-0.25, -0.2) is 4.79 Å². The molecule has 2 rings (SSSR count).